The number of rotatable bonds is 6. The van der Waals surface area contributed by atoms with Crippen molar-refractivity contribution >= 4 is 28.9 Å². The highest BCUT2D eigenvalue weighted by Crippen LogP contribution is 2.32. The summed E-state index contributed by atoms with van der Waals surface area (Å²) in [6.07, 6.45) is 0.251. The molecule has 1 amide bonds. The molecule has 0 unspecified atom stereocenters. The highest BCUT2D eigenvalue weighted by atomic mass is 16.7. The van der Waals surface area contributed by atoms with Crippen LogP contribution in [-0.4, -0.2) is 49.0 Å². The van der Waals surface area contributed by atoms with Crippen LogP contribution in [0.4, 0.5) is 23.0 Å². The highest BCUT2D eigenvalue weighted by Gasteiger charge is 2.16. The first-order chi connectivity index (χ1) is 16.1. The van der Waals surface area contributed by atoms with Crippen molar-refractivity contribution in [3.63, 3.8) is 0 Å². The molecule has 2 aliphatic heterocycles. The van der Waals surface area contributed by atoms with E-state index in [4.69, 9.17) is 14.2 Å². The van der Waals surface area contributed by atoms with Crippen molar-refractivity contribution in [2.45, 2.75) is 13.3 Å². The Morgan fingerprint density at radius 2 is 1.73 bits per heavy atom. The zero-order chi connectivity index (χ0) is 22.6. The lowest BCUT2D eigenvalue weighted by Crippen LogP contribution is -2.36. The van der Waals surface area contributed by atoms with Crippen LogP contribution < -0.4 is 25.0 Å². The average Bonchev–Trinajstić information content (AvgIpc) is 3.28. The van der Waals surface area contributed by atoms with Crippen molar-refractivity contribution in [3.05, 3.63) is 59.9 Å². The molecule has 2 aliphatic rings. The summed E-state index contributed by atoms with van der Waals surface area (Å²) in [7, 11) is 0. The number of aromatic nitrogens is 2. The Morgan fingerprint density at radius 3 is 2.55 bits per heavy atom. The number of hydrogen-bond donors (Lipinski definition) is 2. The van der Waals surface area contributed by atoms with Gasteiger partial charge in [0.05, 0.1) is 19.6 Å². The lowest BCUT2D eigenvalue weighted by molar-refractivity contribution is -0.115. The number of nitrogens with zero attached hydrogens (tertiary/aromatic N) is 3. The molecule has 0 saturated carbocycles. The van der Waals surface area contributed by atoms with Crippen molar-refractivity contribution < 1.29 is 19.0 Å². The number of anilines is 4. The van der Waals surface area contributed by atoms with Gasteiger partial charge in [0.2, 0.25) is 12.7 Å². The number of carbonyl (C=O) groups is 1. The normalized spacial score (nSPS) is 14.8. The van der Waals surface area contributed by atoms with E-state index in [2.05, 4.69) is 25.5 Å². The molecule has 0 aliphatic carbocycles. The molecular formula is C24H25N5O4. The minimum Gasteiger partial charge on any atom is -0.454 e. The monoisotopic (exact) mass is 447 g/mol. The fourth-order valence-corrected chi connectivity index (χ4v) is 3.80. The van der Waals surface area contributed by atoms with Crippen LogP contribution >= 0.6 is 0 Å². The van der Waals surface area contributed by atoms with Gasteiger partial charge in [0.15, 0.2) is 11.5 Å². The van der Waals surface area contributed by atoms with E-state index in [1.54, 1.807) is 0 Å². The van der Waals surface area contributed by atoms with Crippen LogP contribution in [0.15, 0.2) is 48.5 Å². The molecule has 0 atom stereocenters. The van der Waals surface area contributed by atoms with E-state index in [1.165, 1.54) is 0 Å². The summed E-state index contributed by atoms with van der Waals surface area (Å²) in [6.45, 7) is 5.14. The number of fused-ring (bicyclic) bond motifs is 1. The van der Waals surface area contributed by atoms with Gasteiger partial charge in [-0.05, 0) is 48.9 Å². The number of benzene rings is 2. The molecule has 3 aromatic rings. The summed E-state index contributed by atoms with van der Waals surface area (Å²) in [5, 5.41) is 6.25. The third-order valence-electron chi connectivity index (χ3n) is 5.40. The highest BCUT2D eigenvalue weighted by molar-refractivity contribution is 5.92. The predicted octanol–water partition coefficient (Wildman–Crippen LogP) is 3.28. The number of hydrogen-bond acceptors (Lipinski definition) is 8. The summed E-state index contributed by atoms with van der Waals surface area (Å²) in [4.78, 5) is 23.7. The molecule has 0 spiro atoms. The quantitative estimate of drug-likeness (QED) is 0.594. The lowest BCUT2D eigenvalue weighted by Gasteiger charge is -2.28. The van der Waals surface area contributed by atoms with Crippen molar-refractivity contribution in [3.8, 4) is 11.5 Å². The molecule has 0 radical (unpaired) electrons. The molecule has 3 heterocycles. The minimum absolute atomic E-state index is 0.101. The van der Waals surface area contributed by atoms with Gasteiger partial charge in [-0.15, -0.1) is 0 Å². The Labute approximate surface area is 191 Å². The molecular weight excluding hydrogens is 422 g/mol. The Morgan fingerprint density at radius 1 is 0.970 bits per heavy atom. The molecule has 9 heteroatoms. The first-order valence-electron chi connectivity index (χ1n) is 10.9. The van der Waals surface area contributed by atoms with Crippen molar-refractivity contribution in [1.82, 2.24) is 9.97 Å². The third-order valence-corrected chi connectivity index (χ3v) is 5.40. The fraction of sp³-hybridized carbons (Fsp3) is 0.292. The minimum atomic E-state index is -0.101. The van der Waals surface area contributed by atoms with Crippen LogP contribution in [0.3, 0.4) is 0 Å². The fourth-order valence-electron chi connectivity index (χ4n) is 3.80. The second kappa shape index (κ2) is 9.33. The van der Waals surface area contributed by atoms with E-state index >= 15 is 0 Å². The summed E-state index contributed by atoms with van der Waals surface area (Å²) in [6, 6.07) is 15.0. The van der Waals surface area contributed by atoms with Crippen molar-refractivity contribution in [2.75, 3.05) is 48.6 Å². The molecule has 2 N–H and O–H groups in total. The van der Waals surface area contributed by atoms with Crippen molar-refractivity contribution in [1.29, 1.82) is 0 Å². The maximum Gasteiger partial charge on any atom is 0.231 e. The van der Waals surface area contributed by atoms with Crippen molar-refractivity contribution in [2.24, 2.45) is 0 Å². The van der Waals surface area contributed by atoms with E-state index in [9.17, 15) is 4.79 Å². The van der Waals surface area contributed by atoms with Crippen LogP contribution in [0.2, 0.25) is 0 Å². The summed E-state index contributed by atoms with van der Waals surface area (Å²) in [5.74, 6) is 3.60. The van der Waals surface area contributed by atoms with Gasteiger partial charge in [-0.2, -0.15) is 0 Å². The molecule has 170 valence electrons. The van der Waals surface area contributed by atoms with Gasteiger partial charge in [-0.1, -0.05) is 6.07 Å². The van der Waals surface area contributed by atoms with Crippen LogP contribution in [0.5, 0.6) is 11.5 Å². The Bertz CT molecular complexity index is 1150. The SMILES string of the molecule is Cc1nc(Nc2ccc(NC(=O)Cc3ccc4c(c3)OCO4)cc2)cc(N2CCOCC2)n1. The standard InChI is InChI=1S/C24H25N5O4/c1-16-25-22(14-23(26-16)29-8-10-31-11-9-29)27-18-3-5-19(6-4-18)28-24(30)13-17-2-7-20-21(12-17)33-15-32-20/h2-7,12,14H,8-11,13,15H2,1H3,(H,28,30)(H,25,26,27). The van der Waals surface area contributed by atoms with Crippen LogP contribution in [-0.2, 0) is 16.0 Å². The number of nitrogens with one attached hydrogen (secondary N) is 2. The first-order valence-corrected chi connectivity index (χ1v) is 10.9. The summed E-state index contributed by atoms with van der Waals surface area (Å²) < 4.78 is 16.1. The number of amides is 1. The molecule has 2 aromatic carbocycles. The predicted molar refractivity (Wildman–Crippen MR) is 124 cm³/mol. The maximum atomic E-state index is 12.5. The van der Waals surface area contributed by atoms with E-state index in [1.807, 2.05) is 55.5 Å². The largest absolute Gasteiger partial charge is 0.454 e. The van der Waals surface area contributed by atoms with Crippen LogP contribution in [0.1, 0.15) is 11.4 Å². The van der Waals surface area contributed by atoms with Gasteiger partial charge in [0, 0.05) is 30.5 Å². The number of morpholine rings is 1. The molecule has 1 fully saturated rings. The molecule has 9 nitrogen and oxygen atoms in total. The number of ether oxygens (including phenoxy) is 3. The Hall–Kier alpha value is -3.85. The van der Waals surface area contributed by atoms with Gasteiger partial charge in [0.25, 0.3) is 0 Å². The van der Waals surface area contributed by atoms with Crippen LogP contribution in [0, 0.1) is 6.92 Å². The lowest BCUT2D eigenvalue weighted by atomic mass is 10.1. The third kappa shape index (κ3) is 5.15. The van der Waals surface area contributed by atoms with Gasteiger partial charge in [0.1, 0.15) is 17.5 Å². The average molecular weight is 447 g/mol. The molecule has 5 rings (SSSR count). The Balaban J connectivity index is 1.20. The van der Waals surface area contributed by atoms with E-state index in [0.29, 0.717) is 30.5 Å². The smallest absolute Gasteiger partial charge is 0.231 e. The van der Waals surface area contributed by atoms with Gasteiger partial charge in [-0.25, -0.2) is 9.97 Å². The molecule has 1 saturated heterocycles. The second-order valence-electron chi connectivity index (χ2n) is 7.87. The Kier molecular flexibility index (Phi) is 5.95. The van der Waals surface area contributed by atoms with Crippen LogP contribution in [0.25, 0.3) is 0 Å². The maximum absolute atomic E-state index is 12.5. The first kappa shape index (κ1) is 21.0. The molecule has 33 heavy (non-hydrogen) atoms. The summed E-state index contributed by atoms with van der Waals surface area (Å²) >= 11 is 0. The topological polar surface area (TPSA) is 97.8 Å². The van der Waals surface area contributed by atoms with E-state index < -0.39 is 0 Å². The van der Waals surface area contributed by atoms with E-state index in [0.717, 1.165) is 41.7 Å². The van der Waals surface area contributed by atoms with Gasteiger partial charge in [-0.3, -0.25) is 4.79 Å². The zero-order valence-corrected chi connectivity index (χ0v) is 18.3. The summed E-state index contributed by atoms with van der Waals surface area (Å²) in [5.41, 5.74) is 2.46. The number of aryl methyl sites for hydroxylation is 1. The van der Waals surface area contributed by atoms with Gasteiger partial charge >= 0.3 is 0 Å². The van der Waals surface area contributed by atoms with E-state index in [-0.39, 0.29) is 19.1 Å². The number of carbonyl (C=O) groups excluding carboxylic acids is 1. The zero-order valence-electron chi connectivity index (χ0n) is 18.3. The molecule has 1 aromatic heterocycles. The second-order valence-corrected chi connectivity index (χ2v) is 7.87. The molecule has 0 bridgehead atoms. The van der Waals surface area contributed by atoms with Gasteiger partial charge < -0.3 is 29.7 Å².